The first kappa shape index (κ1) is 13.8. The molecule has 0 aliphatic carbocycles. The summed E-state index contributed by atoms with van der Waals surface area (Å²) in [6, 6.07) is 10.6. The van der Waals surface area contributed by atoms with E-state index in [4.69, 9.17) is 4.42 Å². The molecule has 2 nitrogen and oxygen atoms in total. The number of benzene rings is 2. The van der Waals surface area contributed by atoms with Gasteiger partial charge in [-0.1, -0.05) is 17.7 Å². The van der Waals surface area contributed by atoms with Gasteiger partial charge >= 0.3 is 0 Å². The molecule has 0 saturated heterocycles. The summed E-state index contributed by atoms with van der Waals surface area (Å²) in [5, 5.41) is 3.72. The Morgan fingerprint density at radius 2 is 1.86 bits per heavy atom. The Bertz CT molecular complexity index is 795. The van der Waals surface area contributed by atoms with Gasteiger partial charge in [0, 0.05) is 10.9 Å². The van der Waals surface area contributed by atoms with Crippen molar-refractivity contribution in [3.63, 3.8) is 0 Å². The molecule has 108 valence electrons. The Hall–Kier alpha value is -2.20. The maximum Gasteiger partial charge on any atom is 0.134 e. The van der Waals surface area contributed by atoms with Crippen molar-refractivity contribution in [3.05, 3.63) is 71.0 Å². The predicted octanol–water partition coefficient (Wildman–Crippen LogP) is 4.33. The van der Waals surface area contributed by atoms with Gasteiger partial charge in [-0.3, -0.25) is 0 Å². The minimum absolute atomic E-state index is 0.299. The molecule has 0 bridgehead atoms. The molecule has 4 heteroatoms. The Morgan fingerprint density at radius 3 is 2.62 bits per heavy atom. The van der Waals surface area contributed by atoms with Gasteiger partial charge in [0.1, 0.15) is 23.0 Å². The molecule has 1 aromatic heterocycles. The third-order valence-corrected chi connectivity index (χ3v) is 3.53. The lowest BCUT2D eigenvalue weighted by atomic mass is 10.0. The van der Waals surface area contributed by atoms with Crippen molar-refractivity contribution in [1.82, 2.24) is 5.32 Å². The number of furan rings is 1. The Morgan fingerprint density at radius 1 is 1.05 bits per heavy atom. The molecule has 0 fully saturated rings. The second kappa shape index (κ2) is 5.30. The summed E-state index contributed by atoms with van der Waals surface area (Å²) in [5.41, 5.74) is 2.06. The smallest absolute Gasteiger partial charge is 0.134 e. The van der Waals surface area contributed by atoms with Crippen molar-refractivity contribution in [1.29, 1.82) is 0 Å². The molecule has 2 aromatic carbocycles. The maximum absolute atomic E-state index is 14.1. The van der Waals surface area contributed by atoms with Crippen LogP contribution in [0.3, 0.4) is 0 Å². The van der Waals surface area contributed by atoms with Crippen LogP contribution in [0.2, 0.25) is 0 Å². The lowest BCUT2D eigenvalue weighted by molar-refractivity contribution is 0.476. The van der Waals surface area contributed by atoms with E-state index < -0.39 is 6.04 Å². The standard InChI is InChI=1S/C17H15F2NO/c1-10-3-5-14(19)13(7-10)17(20-2)16-9-11-8-12(18)4-6-15(11)21-16/h3-9,17,20H,1-2H3. The number of hydrogen-bond donors (Lipinski definition) is 1. The summed E-state index contributed by atoms with van der Waals surface area (Å²) in [6.45, 7) is 1.91. The largest absolute Gasteiger partial charge is 0.459 e. The molecule has 0 saturated carbocycles. The Labute approximate surface area is 121 Å². The van der Waals surface area contributed by atoms with Crippen LogP contribution in [0.15, 0.2) is 46.9 Å². The number of aryl methyl sites for hydroxylation is 1. The van der Waals surface area contributed by atoms with Gasteiger partial charge in [-0.15, -0.1) is 0 Å². The summed E-state index contributed by atoms with van der Waals surface area (Å²) >= 11 is 0. The second-order valence-electron chi connectivity index (χ2n) is 5.08. The van der Waals surface area contributed by atoms with Gasteiger partial charge in [-0.05, 0) is 44.3 Å². The fourth-order valence-corrected chi connectivity index (χ4v) is 2.51. The van der Waals surface area contributed by atoms with Gasteiger partial charge in [0.05, 0.1) is 6.04 Å². The molecule has 3 aromatic rings. The van der Waals surface area contributed by atoms with E-state index in [0.717, 1.165) is 5.56 Å². The van der Waals surface area contributed by atoms with E-state index in [9.17, 15) is 8.78 Å². The summed E-state index contributed by atoms with van der Waals surface area (Å²) in [5.74, 6) is -0.0632. The van der Waals surface area contributed by atoms with Crippen molar-refractivity contribution >= 4 is 11.0 Å². The number of halogens is 2. The molecule has 1 N–H and O–H groups in total. The van der Waals surface area contributed by atoms with E-state index in [1.165, 1.54) is 18.2 Å². The fourth-order valence-electron chi connectivity index (χ4n) is 2.51. The van der Waals surface area contributed by atoms with E-state index in [-0.39, 0.29) is 11.6 Å². The second-order valence-corrected chi connectivity index (χ2v) is 5.08. The Kier molecular flexibility index (Phi) is 3.47. The molecule has 1 unspecified atom stereocenters. The number of fused-ring (bicyclic) bond motifs is 1. The quantitative estimate of drug-likeness (QED) is 0.775. The van der Waals surface area contributed by atoms with Gasteiger partial charge in [0.25, 0.3) is 0 Å². The highest BCUT2D eigenvalue weighted by atomic mass is 19.1. The van der Waals surface area contributed by atoms with Crippen molar-refractivity contribution < 1.29 is 13.2 Å². The molecule has 0 aliphatic heterocycles. The predicted molar refractivity (Wildman–Crippen MR) is 78.2 cm³/mol. The molecule has 1 atom stereocenters. The molecule has 0 aliphatic rings. The zero-order valence-electron chi connectivity index (χ0n) is 11.8. The average Bonchev–Trinajstić information content (AvgIpc) is 2.86. The average molecular weight is 287 g/mol. The van der Waals surface area contributed by atoms with Crippen LogP contribution in [0.5, 0.6) is 0 Å². The van der Waals surface area contributed by atoms with Crippen molar-refractivity contribution in [2.75, 3.05) is 7.05 Å². The van der Waals surface area contributed by atoms with E-state index in [0.29, 0.717) is 22.3 Å². The Balaban J connectivity index is 2.11. The summed E-state index contributed by atoms with van der Waals surface area (Å²) in [4.78, 5) is 0. The van der Waals surface area contributed by atoms with E-state index in [1.54, 1.807) is 31.3 Å². The van der Waals surface area contributed by atoms with Crippen LogP contribution in [0, 0.1) is 18.6 Å². The summed E-state index contributed by atoms with van der Waals surface area (Å²) in [7, 11) is 1.74. The first-order valence-electron chi connectivity index (χ1n) is 6.71. The van der Waals surface area contributed by atoms with Crippen LogP contribution >= 0.6 is 0 Å². The van der Waals surface area contributed by atoms with Crippen molar-refractivity contribution in [2.24, 2.45) is 0 Å². The topological polar surface area (TPSA) is 25.2 Å². The van der Waals surface area contributed by atoms with Gasteiger partial charge in [-0.2, -0.15) is 0 Å². The number of rotatable bonds is 3. The van der Waals surface area contributed by atoms with Gasteiger partial charge in [0.15, 0.2) is 0 Å². The van der Waals surface area contributed by atoms with E-state index >= 15 is 0 Å². The molecule has 21 heavy (non-hydrogen) atoms. The normalized spacial score (nSPS) is 12.8. The zero-order chi connectivity index (χ0) is 15.0. The monoisotopic (exact) mass is 287 g/mol. The molecule has 0 amide bonds. The van der Waals surface area contributed by atoms with Crippen LogP contribution < -0.4 is 5.32 Å². The van der Waals surface area contributed by atoms with E-state index in [2.05, 4.69) is 5.32 Å². The minimum atomic E-state index is -0.416. The number of hydrogen-bond acceptors (Lipinski definition) is 2. The highest BCUT2D eigenvalue weighted by molar-refractivity contribution is 5.78. The summed E-state index contributed by atoms with van der Waals surface area (Å²) in [6.07, 6.45) is 0. The molecular formula is C17H15F2NO. The first-order chi connectivity index (χ1) is 10.1. The van der Waals surface area contributed by atoms with Crippen LogP contribution in [0.25, 0.3) is 11.0 Å². The third-order valence-electron chi connectivity index (χ3n) is 3.53. The maximum atomic E-state index is 14.1. The molecular weight excluding hydrogens is 272 g/mol. The van der Waals surface area contributed by atoms with Gasteiger partial charge in [0.2, 0.25) is 0 Å². The lowest BCUT2D eigenvalue weighted by Gasteiger charge is -2.15. The van der Waals surface area contributed by atoms with Gasteiger partial charge < -0.3 is 9.73 Å². The zero-order valence-corrected chi connectivity index (χ0v) is 11.8. The van der Waals surface area contributed by atoms with Crippen LogP contribution in [0.1, 0.15) is 22.9 Å². The van der Waals surface area contributed by atoms with Crippen LogP contribution in [0.4, 0.5) is 8.78 Å². The molecule has 0 spiro atoms. The summed E-state index contributed by atoms with van der Waals surface area (Å²) < 4.78 is 33.1. The SMILES string of the molecule is CNC(c1cc2cc(F)ccc2o1)c1cc(C)ccc1F. The van der Waals surface area contributed by atoms with Crippen molar-refractivity contribution in [2.45, 2.75) is 13.0 Å². The highest BCUT2D eigenvalue weighted by Crippen LogP contribution is 2.30. The third kappa shape index (κ3) is 2.54. The first-order valence-corrected chi connectivity index (χ1v) is 6.71. The van der Waals surface area contributed by atoms with Crippen molar-refractivity contribution in [3.8, 4) is 0 Å². The minimum Gasteiger partial charge on any atom is -0.459 e. The molecule has 0 radical (unpaired) electrons. The lowest BCUT2D eigenvalue weighted by Crippen LogP contribution is -2.18. The fraction of sp³-hybridized carbons (Fsp3) is 0.176. The molecule has 3 rings (SSSR count). The molecule has 1 heterocycles. The van der Waals surface area contributed by atoms with E-state index in [1.807, 2.05) is 6.92 Å². The van der Waals surface area contributed by atoms with Crippen LogP contribution in [-0.4, -0.2) is 7.05 Å². The van der Waals surface area contributed by atoms with Crippen LogP contribution in [-0.2, 0) is 0 Å². The number of nitrogens with one attached hydrogen (secondary N) is 1. The van der Waals surface area contributed by atoms with Gasteiger partial charge in [-0.25, -0.2) is 8.78 Å². The highest BCUT2D eigenvalue weighted by Gasteiger charge is 2.20.